The van der Waals surface area contributed by atoms with Crippen molar-refractivity contribution in [3.8, 4) is 0 Å². The van der Waals surface area contributed by atoms with Crippen molar-refractivity contribution in [1.29, 1.82) is 0 Å². The summed E-state index contributed by atoms with van der Waals surface area (Å²) in [7, 11) is 0. The van der Waals surface area contributed by atoms with Crippen LogP contribution in [-0.4, -0.2) is 65.3 Å². The molecule has 0 amide bonds. The van der Waals surface area contributed by atoms with Crippen molar-refractivity contribution in [2.75, 3.05) is 26.2 Å². The fourth-order valence-electron chi connectivity index (χ4n) is 2.21. The largest absolute Gasteiger partial charge is 0.393 e. The molecule has 3 N–H and O–H groups in total. The minimum absolute atomic E-state index is 0.0266. The third-order valence-corrected chi connectivity index (χ3v) is 3.54. The van der Waals surface area contributed by atoms with Crippen molar-refractivity contribution < 1.29 is 15.0 Å². The number of aliphatic hydroxyl groups excluding tert-OH is 2. The molecule has 5 nitrogen and oxygen atoms in total. The second-order valence-corrected chi connectivity index (χ2v) is 6.25. The van der Waals surface area contributed by atoms with Crippen LogP contribution in [0.25, 0.3) is 0 Å². The molecule has 0 atom stereocenters. The molecule has 0 saturated carbocycles. The lowest BCUT2D eigenvalue weighted by Gasteiger charge is -2.32. The standard InChI is InChI=1S/C8H17NO.C5H11NO.C3H6O/c1-7(2)9-5-3-8(10)4-6-9;7-5-1-3-6-4-2-5;1-3(2)4/h7-8,10H,3-6H2,1-2H3;5-7H,1-4H2;1-2H3. The molecule has 2 heterocycles. The maximum atomic E-state index is 9.44. The van der Waals surface area contributed by atoms with Gasteiger partial charge < -0.3 is 25.2 Å². The molecule has 21 heavy (non-hydrogen) atoms. The summed E-state index contributed by atoms with van der Waals surface area (Å²) in [5.41, 5.74) is 0. The van der Waals surface area contributed by atoms with Gasteiger partial charge in [0.15, 0.2) is 0 Å². The fraction of sp³-hybridized carbons (Fsp3) is 0.938. The van der Waals surface area contributed by atoms with E-state index in [1.165, 1.54) is 13.8 Å². The number of piperidine rings is 2. The van der Waals surface area contributed by atoms with Gasteiger partial charge in [0.2, 0.25) is 0 Å². The quantitative estimate of drug-likeness (QED) is 0.678. The molecular formula is C16H34N2O3. The molecule has 2 saturated heterocycles. The Balaban J connectivity index is 0.000000317. The van der Waals surface area contributed by atoms with E-state index in [-0.39, 0.29) is 18.0 Å². The van der Waals surface area contributed by atoms with Gasteiger partial charge in [-0.1, -0.05) is 0 Å². The summed E-state index contributed by atoms with van der Waals surface area (Å²) >= 11 is 0. The summed E-state index contributed by atoms with van der Waals surface area (Å²) in [5.74, 6) is 0.167. The minimum atomic E-state index is -0.0324. The van der Waals surface area contributed by atoms with Crippen molar-refractivity contribution in [3.05, 3.63) is 0 Å². The topological polar surface area (TPSA) is 72.8 Å². The van der Waals surface area contributed by atoms with Gasteiger partial charge in [0.1, 0.15) is 5.78 Å². The van der Waals surface area contributed by atoms with Gasteiger partial charge in [0, 0.05) is 19.1 Å². The van der Waals surface area contributed by atoms with Gasteiger partial charge in [-0.3, -0.25) is 0 Å². The van der Waals surface area contributed by atoms with Crippen LogP contribution in [0.4, 0.5) is 0 Å². The first-order valence-corrected chi connectivity index (χ1v) is 8.11. The van der Waals surface area contributed by atoms with Gasteiger partial charge in [-0.15, -0.1) is 0 Å². The lowest BCUT2D eigenvalue weighted by molar-refractivity contribution is -0.114. The first kappa shape index (κ1) is 20.5. The number of aliphatic hydroxyl groups is 2. The van der Waals surface area contributed by atoms with Gasteiger partial charge >= 0.3 is 0 Å². The van der Waals surface area contributed by atoms with Crippen LogP contribution < -0.4 is 5.32 Å². The number of nitrogens with zero attached hydrogens (tertiary/aromatic N) is 1. The summed E-state index contributed by atoms with van der Waals surface area (Å²) in [5, 5.41) is 21.2. The Hall–Kier alpha value is -0.490. The average Bonchev–Trinajstić information content (AvgIpc) is 2.40. The number of rotatable bonds is 1. The van der Waals surface area contributed by atoms with Crippen LogP contribution in [0.15, 0.2) is 0 Å². The Bertz CT molecular complexity index is 254. The monoisotopic (exact) mass is 302 g/mol. The zero-order valence-corrected chi connectivity index (χ0v) is 14.1. The number of hydrogen-bond acceptors (Lipinski definition) is 5. The summed E-state index contributed by atoms with van der Waals surface area (Å²) in [4.78, 5) is 11.9. The van der Waals surface area contributed by atoms with E-state index in [0.29, 0.717) is 6.04 Å². The molecule has 126 valence electrons. The highest BCUT2D eigenvalue weighted by atomic mass is 16.3. The molecule has 0 radical (unpaired) electrons. The average molecular weight is 302 g/mol. The first-order valence-electron chi connectivity index (χ1n) is 8.11. The van der Waals surface area contributed by atoms with Crippen LogP contribution in [0.2, 0.25) is 0 Å². The Labute approximate surface area is 129 Å². The number of nitrogens with one attached hydrogen (secondary N) is 1. The Kier molecular flexibility index (Phi) is 11.8. The molecule has 0 aromatic rings. The van der Waals surface area contributed by atoms with Gasteiger partial charge in [0.25, 0.3) is 0 Å². The first-order chi connectivity index (χ1) is 9.82. The SMILES string of the molecule is CC(C)=O.CC(C)N1CCC(O)CC1.OC1CCNCC1. The number of carbonyl (C=O) groups excluding carboxylic acids is 1. The van der Waals surface area contributed by atoms with Crippen LogP contribution in [0, 0.1) is 0 Å². The molecule has 0 aromatic carbocycles. The van der Waals surface area contributed by atoms with E-state index in [2.05, 4.69) is 24.1 Å². The van der Waals surface area contributed by atoms with Gasteiger partial charge in [0.05, 0.1) is 12.2 Å². The molecule has 2 aliphatic rings. The molecule has 0 aliphatic carbocycles. The number of ketones is 1. The minimum Gasteiger partial charge on any atom is -0.393 e. The van der Waals surface area contributed by atoms with Crippen LogP contribution >= 0.6 is 0 Å². The summed E-state index contributed by atoms with van der Waals surface area (Å²) in [6.45, 7) is 11.6. The summed E-state index contributed by atoms with van der Waals surface area (Å²) in [6, 6.07) is 0.646. The number of carbonyl (C=O) groups is 1. The van der Waals surface area contributed by atoms with Gasteiger partial charge in [-0.25, -0.2) is 0 Å². The van der Waals surface area contributed by atoms with E-state index in [0.717, 1.165) is 51.9 Å². The highest BCUT2D eigenvalue weighted by molar-refractivity contribution is 5.72. The second-order valence-electron chi connectivity index (χ2n) is 6.25. The summed E-state index contributed by atoms with van der Waals surface area (Å²) < 4.78 is 0. The molecule has 0 bridgehead atoms. The fourth-order valence-corrected chi connectivity index (χ4v) is 2.21. The normalized spacial score (nSPS) is 21.1. The van der Waals surface area contributed by atoms with Crippen LogP contribution in [-0.2, 0) is 4.79 Å². The van der Waals surface area contributed by atoms with Crippen molar-refractivity contribution in [2.45, 2.75) is 71.6 Å². The lowest BCUT2D eigenvalue weighted by atomic mass is 10.1. The van der Waals surface area contributed by atoms with Crippen molar-refractivity contribution in [3.63, 3.8) is 0 Å². The zero-order valence-electron chi connectivity index (χ0n) is 14.1. The van der Waals surface area contributed by atoms with Crippen LogP contribution in [0.1, 0.15) is 53.4 Å². The van der Waals surface area contributed by atoms with Crippen molar-refractivity contribution >= 4 is 5.78 Å². The maximum absolute atomic E-state index is 9.44. The summed E-state index contributed by atoms with van der Waals surface area (Å²) in [6.07, 6.45) is 3.72. The molecule has 2 fully saturated rings. The Morgan fingerprint density at radius 1 is 1.00 bits per heavy atom. The number of Topliss-reactive ketones (excluding diaryl/α,β-unsaturated/α-hetero) is 1. The predicted molar refractivity (Wildman–Crippen MR) is 86.4 cm³/mol. The molecule has 5 heteroatoms. The zero-order chi connectivity index (χ0) is 16.3. The number of likely N-dealkylation sites (tertiary alicyclic amines) is 1. The van der Waals surface area contributed by atoms with E-state index in [1.54, 1.807) is 0 Å². The molecule has 2 rings (SSSR count). The molecule has 0 unspecified atom stereocenters. The van der Waals surface area contributed by atoms with Crippen LogP contribution in [0.5, 0.6) is 0 Å². The van der Waals surface area contributed by atoms with E-state index < -0.39 is 0 Å². The third-order valence-electron chi connectivity index (χ3n) is 3.54. The molecule has 2 aliphatic heterocycles. The van der Waals surface area contributed by atoms with Gasteiger partial charge in [-0.05, 0) is 66.5 Å². The predicted octanol–water partition coefficient (Wildman–Crippen LogP) is 1.18. The van der Waals surface area contributed by atoms with Crippen LogP contribution in [0.3, 0.4) is 0 Å². The molecule has 0 aromatic heterocycles. The smallest absolute Gasteiger partial charge is 0.126 e. The molecular weight excluding hydrogens is 268 g/mol. The Morgan fingerprint density at radius 3 is 1.67 bits per heavy atom. The number of hydrogen-bond donors (Lipinski definition) is 3. The van der Waals surface area contributed by atoms with E-state index in [9.17, 15) is 9.90 Å². The Morgan fingerprint density at radius 2 is 1.38 bits per heavy atom. The highest BCUT2D eigenvalue weighted by Gasteiger charge is 2.18. The molecule has 0 spiro atoms. The third kappa shape index (κ3) is 12.9. The second kappa shape index (κ2) is 12.1. The van der Waals surface area contributed by atoms with Gasteiger partial charge in [-0.2, -0.15) is 0 Å². The van der Waals surface area contributed by atoms with Crippen molar-refractivity contribution in [2.24, 2.45) is 0 Å². The van der Waals surface area contributed by atoms with Crippen molar-refractivity contribution in [1.82, 2.24) is 10.2 Å². The highest BCUT2D eigenvalue weighted by Crippen LogP contribution is 2.11. The van der Waals surface area contributed by atoms with E-state index in [4.69, 9.17) is 5.11 Å². The lowest BCUT2D eigenvalue weighted by Crippen LogP contribution is -2.39. The van der Waals surface area contributed by atoms with E-state index >= 15 is 0 Å². The maximum Gasteiger partial charge on any atom is 0.126 e. The van der Waals surface area contributed by atoms with E-state index in [1.807, 2.05) is 0 Å².